The fraction of sp³-hybridized carbons (Fsp3) is 0.769. The van der Waals surface area contributed by atoms with E-state index in [0.717, 1.165) is 25.7 Å². The molecule has 0 aliphatic heterocycles. The lowest BCUT2D eigenvalue weighted by Crippen LogP contribution is -2.54. The van der Waals surface area contributed by atoms with Crippen LogP contribution in [0.1, 0.15) is 39.5 Å². The number of aliphatic carboxylic acids is 1. The first kappa shape index (κ1) is 16.3. The summed E-state index contributed by atoms with van der Waals surface area (Å²) in [7, 11) is 0. The maximum absolute atomic E-state index is 12.2. The van der Waals surface area contributed by atoms with Gasteiger partial charge in [0.05, 0.1) is 0 Å². The molecule has 7 heteroatoms. The Bertz CT molecular complexity index is 378. The normalized spacial score (nSPS) is 16.9. The van der Waals surface area contributed by atoms with E-state index in [1.165, 1.54) is 4.90 Å². The van der Waals surface area contributed by atoms with Gasteiger partial charge in [-0.2, -0.15) is 0 Å². The fourth-order valence-electron chi connectivity index (χ4n) is 2.48. The van der Waals surface area contributed by atoms with Gasteiger partial charge in [0.1, 0.15) is 12.6 Å². The number of primary amides is 1. The highest BCUT2D eigenvalue weighted by atomic mass is 16.4. The van der Waals surface area contributed by atoms with E-state index < -0.39 is 23.9 Å². The molecule has 4 N–H and O–H groups in total. The summed E-state index contributed by atoms with van der Waals surface area (Å²) < 4.78 is 0. The van der Waals surface area contributed by atoms with E-state index in [1.807, 2.05) is 0 Å². The minimum Gasteiger partial charge on any atom is -0.480 e. The molecule has 0 aromatic carbocycles. The van der Waals surface area contributed by atoms with Crippen LogP contribution in [0.2, 0.25) is 0 Å². The van der Waals surface area contributed by atoms with E-state index in [1.54, 1.807) is 13.8 Å². The molecule has 0 bridgehead atoms. The summed E-state index contributed by atoms with van der Waals surface area (Å²) in [5.41, 5.74) is 5.17. The SMILES string of the molecule is CC(C)[C@H](NC(=O)N(CC(N)=O)C1CCCC1)C(=O)O. The van der Waals surface area contributed by atoms with Gasteiger partial charge in [-0.05, 0) is 18.8 Å². The lowest BCUT2D eigenvalue weighted by atomic mass is 10.1. The number of nitrogens with one attached hydrogen (secondary N) is 1. The van der Waals surface area contributed by atoms with Gasteiger partial charge in [-0.1, -0.05) is 26.7 Å². The molecule has 114 valence electrons. The van der Waals surface area contributed by atoms with Crippen molar-refractivity contribution < 1.29 is 19.5 Å². The Balaban J connectivity index is 2.76. The monoisotopic (exact) mass is 285 g/mol. The predicted octanol–water partition coefficient (Wildman–Crippen LogP) is 0.535. The van der Waals surface area contributed by atoms with Crippen LogP contribution >= 0.6 is 0 Å². The van der Waals surface area contributed by atoms with Crippen molar-refractivity contribution >= 4 is 17.9 Å². The summed E-state index contributed by atoms with van der Waals surface area (Å²) in [6.07, 6.45) is 3.64. The van der Waals surface area contributed by atoms with Gasteiger partial charge in [-0.25, -0.2) is 9.59 Å². The molecule has 3 amide bonds. The smallest absolute Gasteiger partial charge is 0.326 e. The zero-order valence-electron chi connectivity index (χ0n) is 12.0. The first-order chi connectivity index (χ1) is 9.32. The number of nitrogens with zero attached hydrogens (tertiary/aromatic N) is 1. The standard InChI is InChI=1S/C13H23N3O4/c1-8(2)11(12(18)19)15-13(20)16(7-10(14)17)9-5-3-4-6-9/h8-9,11H,3-7H2,1-2H3,(H2,14,17)(H,15,20)(H,18,19)/t11-/m0/s1. The van der Waals surface area contributed by atoms with E-state index in [0.29, 0.717) is 0 Å². The Morgan fingerprint density at radius 3 is 2.25 bits per heavy atom. The van der Waals surface area contributed by atoms with Crippen molar-refractivity contribution in [2.45, 2.75) is 51.6 Å². The van der Waals surface area contributed by atoms with Crippen molar-refractivity contribution in [3.05, 3.63) is 0 Å². The van der Waals surface area contributed by atoms with Crippen molar-refractivity contribution in [3.63, 3.8) is 0 Å². The van der Waals surface area contributed by atoms with Crippen LogP contribution in [0.3, 0.4) is 0 Å². The van der Waals surface area contributed by atoms with E-state index in [-0.39, 0.29) is 18.5 Å². The quantitative estimate of drug-likeness (QED) is 0.660. The van der Waals surface area contributed by atoms with Crippen LogP contribution in [-0.2, 0) is 9.59 Å². The van der Waals surface area contributed by atoms with Gasteiger partial charge in [0.15, 0.2) is 0 Å². The number of urea groups is 1. The highest BCUT2D eigenvalue weighted by Crippen LogP contribution is 2.23. The van der Waals surface area contributed by atoms with Crippen LogP contribution in [0.5, 0.6) is 0 Å². The van der Waals surface area contributed by atoms with E-state index in [2.05, 4.69) is 5.32 Å². The molecule has 1 aliphatic rings. The van der Waals surface area contributed by atoms with Crippen LogP contribution in [0, 0.1) is 5.92 Å². The summed E-state index contributed by atoms with van der Waals surface area (Å²) in [6.45, 7) is 3.25. The molecule has 0 spiro atoms. The van der Waals surface area contributed by atoms with Gasteiger partial charge in [0.25, 0.3) is 0 Å². The zero-order valence-corrected chi connectivity index (χ0v) is 12.0. The van der Waals surface area contributed by atoms with Crippen LogP contribution in [0.25, 0.3) is 0 Å². The van der Waals surface area contributed by atoms with Crippen molar-refractivity contribution in [1.29, 1.82) is 0 Å². The van der Waals surface area contributed by atoms with Crippen LogP contribution in [0.15, 0.2) is 0 Å². The maximum Gasteiger partial charge on any atom is 0.326 e. The third kappa shape index (κ3) is 4.40. The second kappa shape index (κ2) is 7.12. The lowest BCUT2D eigenvalue weighted by Gasteiger charge is -2.30. The number of amides is 3. The third-order valence-electron chi connectivity index (χ3n) is 3.56. The van der Waals surface area contributed by atoms with Crippen molar-refractivity contribution in [2.24, 2.45) is 11.7 Å². The summed E-state index contributed by atoms with van der Waals surface area (Å²) in [5, 5.41) is 11.6. The van der Waals surface area contributed by atoms with Crippen LogP contribution in [0.4, 0.5) is 4.79 Å². The molecule has 1 aliphatic carbocycles. The van der Waals surface area contributed by atoms with Crippen molar-refractivity contribution in [1.82, 2.24) is 10.2 Å². The molecule has 1 saturated carbocycles. The molecular weight excluding hydrogens is 262 g/mol. The van der Waals surface area contributed by atoms with Gasteiger partial charge >= 0.3 is 12.0 Å². The molecule has 1 fully saturated rings. The number of nitrogens with two attached hydrogens (primary N) is 1. The van der Waals surface area contributed by atoms with Crippen LogP contribution < -0.4 is 11.1 Å². The number of rotatable bonds is 6. The topological polar surface area (TPSA) is 113 Å². The molecule has 1 rings (SSSR count). The Morgan fingerprint density at radius 1 is 1.30 bits per heavy atom. The van der Waals surface area contributed by atoms with E-state index in [9.17, 15) is 14.4 Å². The van der Waals surface area contributed by atoms with Crippen molar-refractivity contribution in [3.8, 4) is 0 Å². The fourth-order valence-corrected chi connectivity index (χ4v) is 2.48. The Hall–Kier alpha value is -1.79. The molecule has 0 heterocycles. The van der Waals surface area contributed by atoms with Gasteiger partial charge in [0.2, 0.25) is 5.91 Å². The molecule has 1 atom stereocenters. The Kier molecular flexibility index (Phi) is 5.79. The molecule has 0 saturated heterocycles. The highest BCUT2D eigenvalue weighted by Gasteiger charge is 2.31. The summed E-state index contributed by atoms with van der Waals surface area (Å²) in [5.74, 6) is -1.92. The second-order valence-electron chi connectivity index (χ2n) is 5.54. The second-order valence-corrected chi connectivity index (χ2v) is 5.54. The first-order valence-electron chi connectivity index (χ1n) is 6.91. The Labute approximate surface area is 118 Å². The van der Waals surface area contributed by atoms with Crippen molar-refractivity contribution in [2.75, 3.05) is 6.54 Å². The van der Waals surface area contributed by atoms with Gasteiger partial charge in [-0.15, -0.1) is 0 Å². The van der Waals surface area contributed by atoms with Gasteiger partial charge in [0, 0.05) is 6.04 Å². The largest absolute Gasteiger partial charge is 0.480 e. The minimum atomic E-state index is -1.08. The van der Waals surface area contributed by atoms with E-state index >= 15 is 0 Å². The molecule has 7 nitrogen and oxygen atoms in total. The Morgan fingerprint density at radius 2 is 1.85 bits per heavy atom. The average molecular weight is 285 g/mol. The summed E-state index contributed by atoms with van der Waals surface area (Å²) in [6, 6.07) is -1.54. The molecule has 0 radical (unpaired) electrons. The van der Waals surface area contributed by atoms with Gasteiger partial charge in [-0.3, -0.25) is 4.79 Å². The lowest BCUT2D eigenvalue weighted by molar-refractivity contribution is -0.140. The first-order valence-corrected chi connectivity index (χ1v) is 6.91. The number of carbonyl (C=O) groups is 3. The number of hydrogen-bond donors (Lipinski definition) is 3. The average Bonchev–Trinajstić information content (AvgIpc) is 2.85. The number of carboxylic acid groups (broad SMARTS) is 1. The molecule has 20 heavy (non-hydrogen) atoms. The van der Waals surface area contributed by atoms with Crippen LogP contribution in [-0.4, -0.2) is 46.5 Å². The predicted molar refractivity (Wildman–Crippen MR) is 72.9 cm³/mol. The maximum atomic E-state index is 12.2. The number of hydrogen-bond acceptors (Lipinski definition) is 3. The third-order valence-corrected chi connectivity index (χ3v) is 3.56. The molecular formula is C13H23N3O4. The molecule has 0 aromatic rings. The van der Waals surface area contributed by atoms with E-state index in [4.69, 9.17) is 10.8 Å². The zero-order chi connectivity index (χ0) is 15.3. The highest BCUT2D eigenvalue weighted by molar-refractivity contribution is 5.86. The summed E-state index contributed by atoms with van der Waals surface area (Å²) in [4.78, 5) is 35.8. The summed E-state index contributed by atoms with van der Waals surface area (Å²) >= 11 is 0. The molecule has 0 unspecified atom stereocenters. The number of carbonyl (C=O) groups excluding carboxylic acids is 2. The number of carboxylic acids is 1. The van der Waals surface area contributed by atoms with Gasteiger partial charge < -0.3 is 21.1 Å². The molecule has 0 aromatic heterocycles. The minimum absolute atomic E-state index is 0.0379.